The number of pyridine rings is 1. The van der Waals surface area contributed by atoms with E-state index in [1.165, 1.54) is 12.1 Å². The first-order chi connectivity index (χ1) is 12.8. The third kappa shape index (κ3) is 5.78. The number of carbonyl (C=O) groups excluding carboxylic acids is 1. The highest BCUT2D eigenvalue weighted by atomic mass is 35.5. The average Bonchev–Trinajstić information content (AvgIpc) is 2.57. The van der Waals surface area contributed by atoms with E-state index in [4.69, 9.17) is 33.7 Å². The van der Waals surface area contributed by atoms with Gasteiger partial charge in [-0.3, -0.25) is 4.79 Å². The Hall–Kier alpha value is -1.45. The lowest BCUT2D eigenvalue weighted by Gasteiger charge is -2.25. The first-order valence-electron chi connectivity index (χ1n) is 8.54. The second-order valence-corrected chi connectivity index (χ2v) is 10.0. The van der Waals surface area contributed by atoms with Crippen LogP contribution < -0.4 is 10.5 Å². The van der Waals surface area contributed by atoms with Crippen LogP contribution >= 0.6 is 23.2 Å². The topological polar surface area (TPSA) is 111 Å². The largest absolute Gasteiger partial charge is 0.459 e. The van der Waals surface area contributed by atoms with Crippen LogP contribution in [-0.4, -0.2) is 37.6 Å². The average molecular weight is 448 g/mol. The predicted octanol–water partition coefficient (Wildman–Crippen LogP) is 3.13. The fourth-order valence-corrected chi connectivity index (χ4v) is 4.04. The molecule has 2 rings (SSSR count). The molecule has 0 radical (unpaired) electrons. The number of rotatable bonds is 6. The molecule has 10 heteroatoms. The lowest BCUT2D eigenvalue weighted by molar-refractivity contribution is -0.157. The predicted molar refractivity (Wildman–Crippen MR) is 110 cm³/mol. The van der Waals surface area contributed by atoms with Gasteiger partial charge in [0.2, 0.25) is 10.0 Å². The summed E-state index contributed by atoms with van der Waals surface area (Å²) < 4.78 is 32.9. The fourth-order valence-electron chi connectivity index (χ4n) is 2.38. The van der Waals surface area contributed by atoms with Gasteiger partial charge in [-0.15, -0.1) is 0 Å². The molecule has 154 valence electrons. The normalized spacial score (nSPS) is 14.7. The molecule has 28 heavy (non-hydrogen) atoms. The summed E-state index contributed by atoms with van der Waals surface area (Å²) in [6.45, 7) is 6.83. The third-order valence-corrected chi connectivity index (χ3v) is 5.83. The summed E-state index contributed by atoms with van der Waals surface area (Å²) in [6, 6.07) is 5.09. The molecule has 0 aliphatic carbocycles. The maximum atomic E-state index is 12.6. The van der Waals surface area contributed by atoms with Crippen LogP contribution in [0.25, 0.3) is 10.8 Å². The van der Waals surface area contributed by atoms with Gasteiger partial charge in [0, 0.05) is 11.9 Å². The molecule has 1 aromatic carbocycles. The number of halogens is 2. The highest BCUT2D eigenvalue weighted by Crippen LogP contribution is 2.27. The van der Waals surface area contributed by atoms with Crippen molar-refractivity contribution in [2.45, 2.75) is 44.2 Å². The summed E-state index contributed by atoms with van der Waals surface area (Å²) in [7, 11) is -3.85. The second kappa shape index (κ2) is 8.51. The zero-order chi connectivity index (χ0) is 21.3. The molecule has 0 saturated heterocycles. The summed E-state index contributed by atoms with van der Waals surface area (Å²) in [6.07, 6.45) is 0. The maximum Gasteiger partial charge on any atom is 0.323 e. The molecule has 0 saturated carbocycles. The van der Waals surface area contributed by atoms with E-state index in [2.05, 4.69) is 9.71 Å². The van der Waals surface area contributed by atoms with Gasteiger partial charge in [0.15, 0.2) is 0 Å². The molecule has 0 bridgehead atoms. The summed E-state index contributed by atoms with van der Waals surface area (Å²) in [4.78, 5) is 16.0. The molecule has 1 aromatic heterocycles. The fraction of sp³-hybridized carbons (Fsp3) is 0.444. The van der Waals surface area contributed by atoms with E-state index in [9.17, 15) is 13.2 Å². The van der Waals surface area contributed by atoms with E-state index in [-0.39, 0.29) is 21.7 Å². The molecule has 0 aliphatic rings. The van der Waals surface area contributed by atoms with Crippen molar-refractivity contribution in [2.24, 2.45) is 11.7 Å². The summed E-state index contributed by atoms with van der Waals surface area (Å²) in [5.41, 5.74) is 5.23. The second-order valence-electron chi connectivity index (χ2n) is 7.51. The Labute approximate surface area is 174 Å². The van der Waals surface area contributed by atoms with Crippen LogP contribution in [0.5, 0.6) is 0 Å². The number of fused-ring (bicyclic) bond motifs is 1. The van der Waals surface area contributed by atoms with E-state index in [1.54, 1.807) is 39.8 Å². The van der Waals surface area contributed by atoms with Gasteiger partial charge in [-0.05, 0) is 50.3 Å². The van der Waals surface area contributed by atoms with Gasteiger partial charge < -0.3 is 10.5 Å². The van der Waals surface area contributed by atoms with Gasteiger partial charge in [-0.2, -0.15) is 0 Å². The van der Waals surface area contributed by atoms with E-state index in [0.717, 1.165) is 0 Å². The molecular weight excluding hydrogens is 425 g/mol. The Balaban J connectivity index is 2.13. The van der Waals surface area contributed by atoms with Crippen LogP contribution in [0.4, 0.5) is 0 Å². The van der Waals surface area contributed by atoms with Crippen LogP contribution in [-0.2, 0) is 19.6 Å². The first-order valence-corrected chi connectivity index (χ1v) is 10.8. The molecule has 0 fully saturated rings. The quantitative estimate of drug-likeness (QED) is 0.519. The van der Waals surface area contributed by atoms with Crippen LogP contribution in [0.2, 0.25) is 10.3 Å². The lowest BCUT2D eigenvalue weighted by atomic mass is 10.0. The number of aromatic nitrogens is 1. The van der Waals surface area contributed by atoms with Crippen molar-refractivity contribution in [3.05, 3.63) is 34.6 Å². The van der Waals surface area contributed by atoms with E-state index >= 15 is 0 Å². The Morgan fingerprint density at radius 2 is 1.93 bits per heavy atom. The van der Waals surface area contributed by atoms with Crippen LogP contribution in [0, 0.1) is 5.92 Å². The molecule has 1 heterocycles. The van der Waals surface area contributed by atoms with Crippen molar-refractivity contribution in [1.29, 1.82) is 0 Å². The first kappa shape index (κ1) is 22.8. The number of nitrogens with one attached hydrogen (secondary N) is 1. The minimum absolute atomic E-state index is 0.0176. The van der Waals surface area contributed by atoms with Crippen LogP contribution in [0.1, 0.15) is 27.7 Å². The number of benzene rings is 1. The Bertz CT molecular complexity index is 990. The molecular formula is C18H23Cl2N3O4S. The minimum Gasteiger partial charge on any atom is -0.459 e. The van der Waals surface area contributed by atoms with Gasteiger partial charge in [0.05, 0.1) is 4.90 Å². The number of carbonyl (C=O) groups is 1. The molecule has 2 atom stereocenters. The van der Waals surface area contributed by atoms with Crippen molar-refractivity contribution in [3.8, 4) is 0 Å². The van der Waals surface area contributed by atoms with Crippen molar-refractivity contribution in [3.63, 3.8) is 0 Å². The van der Waals surface area contributed by atoms with Gasteiger partial charge >= 0.3 is 5.97 Å². The summed E-state index contributed by atoms with van der Waals surface area (Å²) in [5.74, 6) is -1.06. The van der Waals surface area contributed by atoms with Gasteiger partial charge in [0.1, 0.15) is 21.9 Å². The maximum absolute atomic E-state index is 12.6. The molecule has 3 N–H and O–H groups in total. The third-order valence-electron chi connectivity index (χ3n) is 3.92. The van der Waals surface area contributed by atoms with Gasteiger partial charge in [0.25, 0.3) is 0 Å². The molecule has 0 amide bonds. The summed E-state index contributed by atoms with van der Waals surface area (Å²) in [5, 5.41) is 1.47. The molecule has 0 aliphatic heterocycles. The van der Waals surface area contributed by atoms with E-state index in [1.807, 2.05) is 0 Å². The number of ether oxygens (including phenoxy) is 1. The molecule has 2 aromatic rings. The number of nitrogens with two attached hydrogens (primary N) is 1. The Kier molecular flexibility index (Phi) is 6.94. The summed E-state index contributed by atoms with van der Waals surface area (Å²) >= 11 is 11.9. The molecule has 0 spiro atoms. The number of sulfonamides is 1. The minimum atomic E-state index is -3.85. The van der Waals surface area contributed by atoms with E-state index in [0.29, 0.717) is 10.8 Å². The van der Waals surface area contributed by atoms with Gasteiger partial charge in [-0.25, -0.2) is 18.1 Å². The standard InChI is InChI=1S/C18H23Cl2N3O4S/c1-10(15(21)17(24)27-18(2,3)4)9-22-28(25,26)12-6-5-11-7-14(19)23-16(20)13(11)8-12/h5-8,10,15,22H,9,21H2,1-4H3/t10?,15-/m0/s1. The van der Waals surface area contributed by atoms with Crippen molar-refractivity contribution in [1.82, 2.24) is 9.71 Å². The monoisotopic (exact) mass is 447 g/mol. The molecule has 1 unspecified atom stereocenters. The number of nitrogens with zero attached hydrogens (tertiary/aromatic N) is 1. The zero-order valence-electron chi connectivity index (χ0n) is 16.0. The highest BCUT2D eigenvalue weighted by molar-refractivity contribution is 7.89. The van der Waals surface area contributed by atoms with E-state index < -0.39 is 33.6 Å². The highest BCUT2D eigenvalue weighted by Gasteiger charge is 2.27. The van der Waals surface area contributed by atoms with Crippen molar-refractivity contribution < 1.29 is 17.9 Å². The Morgan fingerprint density at radius 1 is 1.29 bits per heavy atom. The Morgan fingerprint density at radius 3 is 2.54 bits per heavy atom. The SMILES string of the molecule is CC(CNS(=O)(=O)c1ccc2cc(Cl)nc(Cl)c2c1)[C@H](N)C(=O)OC(C)(C)C. The van der Waals surface area contributed by atoms with Crippen molar-refractivity contribution >= 4 is 50.0 Å². The number of esters is 1. The van der Waals surface area contributed by atoms with Crippen LogP contribution in [0.15, 0.2) is 29.2 Å². The smallest absolute Gasteiger partial charge is 0.323 e. The molecule has 7 nitrogen and oxygen atoms in total. The van der Waals surface area contributed by atoms with Crippen molar-refractivity contribution in [2.75, 3.05) is 6.54 Å². The van der Waals surface area contributed by atoms with Crippen LogP contribution in [0.3, 0.4) is 0 Å². The zero-order valence-corrected chi connectivity index (χ0v) is 18.3. The number of hydrogen-bond donors (Lipinski definition) is 2. The number of hydrogen-bond acceptors (Lipinski definition) is 6. The van der Waals surface area contributed by atoms with Gasteiger partial charge in [-0.1, -0.05) is 36.2 Å². The lowest BCUT2D eigenvalue weighted by Crippen LogP contribution is -2.45.